The van der Waals surface area contributed by atoms with E-state index < -0.39 is 11.8 Å². The van der Waals surface area contributed by atoms with Gasteiger partial charge in [-0.15, -0.1) is 0 Å². The molecule has 13 nitrogen and oxygen atoms in total. The van der Waals surface area contributed by atoms with Gasteiger partial charge in [0.15, 0.2) is 11.6 Å². The SMILES string of the molecule is C.CCC(=O)C1=NCC(CC)=C1C.CCC(=O)CC.CCC1=C(C)C(C(C)=O)=NC1.CCCC1=NCC(CC)=C1C.CCOC(=O)C(C)=O.CCc1n[nH]c(CNC)c1C.CN.[Al].[H-].[Li+]. The molecule has 3 radical (unpaired) electrons. The minimum absolute atomic E-state index is 0. The number of hydrogen-bond acceptors (Lipinski definition) is 12. The third-order valence-electron chi connectivity index (χ3n) is 9.99. The molecule has 3 aliphatic heterocycles. The summed E-state index contributed by atoms with van der Waals surface area (Å²) >= 11 is 0. The number of nitrogens with one attached hydrogen (secondary N) is 2. The van der Waals surface area contributed by atoms with E-state index in [-0.39, 0.29) is 63.2 Å². The summed E-state index contributed by atoms with van der Waals surface area (Å²) in [7, 11) is 3.44. The molecule has 0 unspecified atom stereocenters. The van der Waals surface area contributed by atoms with Gasteiger partial charge in [-0.1, -0.05) is 69.2 Å². The minimum Gasteiger partial charge on any atom is -1.00 e. The molecule has 0 aliphatic carbocycles. The first-order valence-electron chi connectivity index (χ1n) is 22.1. The number of hydrogen-bond donors (Lipinski definition) is 3. The fourth-order valence-electron chi connectivity index (χ4n) is 5.92. The maximum Gasteiger partial charge on any atom is 1.00 e. The van der Waals surface area contributed by atoms with Gasteiger partial charge in [-0.2, -0.15) is 5.10 Å². The van der Waals surface area contributed by atoms with Gasteiger partial charge in [-0.3, -0.25) is 39.3 Å². The molecule has 0 saturated carbocycles. The van der Waals surface area contributed by atoms with Crippen LogP contribution in [0.3, 0.4) is 0 Å². The zero-order chi connectivity index (χ0) is 47.7. The van der Waals surface area contributed by atoms with Crippen LogP contribution >= 0.6 is 0 Å². The summed E-state index contributed by atoms with van der Waals surface area (Å²) in [5, 5.41) is 10.3. The predicted octanol–water partition coefficient (Wildman–Crippen LogP) is 6.33. The summed E-state index contributed by atoms with van der Waals surface area (Å²) in [4.78, 5) is 65.6. The molecule has 4 N–H and O–H groups in total. The van der Waals surface area contributed by atoms with Crippen LogP contribution in [-0.4, -0.2) is 114 Å². The predicted molar refractivity (Wildman–Crippen MR) is 269 cm³/mol. The second-order valence-corrected chi connectivity index (χ2v) is 14.1. The maximum atomic E-state index is 11.3. The second-order valence-electron chi connectivity index (χ2n) is 14.1. The standard InChI is InChI=1S/C10H15NO.C10H17N.C9H13NO.C8H15N3.C5H8O3.C5H10O.CH5N.CH4.Al.Li.H/c1-4-8-6-11-10(7(8)3)9(12)5-2;1-4-6-10-8(3)9(5-2)7-11-10;1-4-8-5-10-9(6(8)2)7(3)11;1-4-7-6(2)8(5-9-3)11-10-7;1-3-8-5(7)4(2)6;1-3-5(6)4-2;1-2;;;;/h4-6H2,1-3H3;4-7H2,1-3H3;4-5H2,1-3H3;9H,4-5H2,1-3H3,(H,10,11);3H2,1-2H3;3-4H2,1-2H3;2H2,1H3;1H4;;;/q;;;;;;;;;+1;-1. The molecule has 0 atom stereocenters. The van der Waals surface area contributed by atoms with Crippen molar-refractivity contribution >= 4 is 63.6 Å². The number of carbonyl (C=O) groups is 5. The average molecular weight is 905 g/mol. The van der Waals surface area contributed by atoms with Crippen molar-refractivity contribution in [1.29, 1.82) is 0 Å². The Morgan fingerprint density at radius 2 is 1.16 bits per heavy atom. The molecule has 64 heavy (non-hydrogen) atoms. The minimum atomic E-state index is -0.757. The molecule has 4 rings (SSSR count). The number of Topliss-reactive ketones (excluding diaryl/α,β-unsaturated/α-hetero) is 4. The number of nitrogens with two attached hydrogens (primary N) is 1. The molecule has 4 heterocycles. The number of nitrogens with zero attached hydrogens (tertiary/aromatic N) is 4. The number of allylic oxidation sites excluding steroid dienone is 3. The molecular weight excluding hydrogens is 817 g/mol. The van der Waals surface area contributed by atoms with E-state index in [1.54, 1.807) is 13.8 Å². The first-order chi connectivity index (χ1) is 28.9. The summed E-state index contributed by atoms with van der Waals surface area (Å²) in [5.74, 6) is -0.698. The topological polar surface area (TPSA) is 198 Å². The maximum absolute atomic E-state index is 11.3. The van der Waals surface area contributed by atoms with Gasteiger partial charge in [0.05, 0.1) is 37.6 Å². The van der Waals surface area contributed by atoms with E-state index in [0.717, 1.165) is 63.0 Å². The van der Waals surface area contributed by atoms with Crippen molar-refractivity contribution in [2.75, 3.05) is 40.3 Å². The van der Waals surface area contributed by atoms with E-state index in [4.69, 9.17) is 0 Å². The molecule has 15 heteroatoms. The number of H-pyrrole nitrogens is 1. The van der Waals surface area contributed by atoms with Crippen molar-refractivity contribution in [1.82, 2.24) is 15.5 Å². The molecule has 0 fully saturated rings. The van der Waals surface area contributed by atoms with E-state index in [1.807, 2.05) is 41.7 Å². The summed E-state index contributed by atoms with van der Waals surface area (Å²) in [6.45, 7) is 32.6. The summed E-state index contributed by atoms with van der Waals surface area (Å²) in [5.41, 5.74) is 18.7. The van der Waals surface area contributed by atoms with Gasteiger partial charge < -0.3 is 17.2 Å². The number of aromatic nitrogens is 2. The Kier molecular flexibility index (Phi) is 49.1. The first kappa shape index (κ1) is 72.2. The average Bonchev–Trinajstić information content (AvgIpc) is 4.04. The van der Waals surface area contributed by atoms with Crippen LogP contribution in [0.5, 0.6) is 0 Å². The quantitative estimate of drug-likeness (QED) is 0.102. The molecule has 1 aromatic heterocycles. The van der Waals surface area contributed by atoms with Gasteiger partial charge in [-0.25, -0.2) is 4.79 Å². The van der Waals surface area contributed by atoms with Crippen LogP contribution in [0.1, 0.15) is 174 Å². The number of esters is 1. The van der Waals surface area contributed by atoms with Gasteiger partial charge in [0.2, 0.25) is 5.78 Å². The Labute approximate surface area is 413 Å². The third kappa shape index (κ3) is 27.8. The Balaban J connectivity index is -0.000000123. The fraction of sp³-hybridized carbons (Fsp3) is 0.653. The largest absolute Gasteiger partial charge is 1.00 e. The number of aliphatic imine (C=N–C) groups is 3. The Bertz CT molecular complexity index is 1740. The number of ketones is 4. The molecule has 3 aliphatic rings. The van der Waals surface area contributed by atoms with Crippen LogP contribution in [0, 0.1) is 6.92 Å². The Hall–Kier alpha value is -3.36. The normalized spacial score (nSPS) is 12.8. The van der Waals surface area contributed by atoms with Gasteiger partial charge in [-0.05, 0) is 120 Å². The molecular formula is C49H88AlLiN7O6. The van der Waals surface area contributed by atoms with Crippen LogP contribution in [-0.2, 0) is 41.7 Å². The molecule has 0 amide bonds. The van der Waals surface area contributed by atoms with Crippen LogP contribution in [0.25, 0.3) is 0 Å². The smallest absolute Gasteiger partial charge is 1.00 e. The number of aryl methyl sites for hydroxylation is 1. The van der Waals surface area contributed by atoms with Crippen LogP contribution < -0.4 is 29.9 Å². The molecule has 0 bridgehead atoms. The van der Waals surface area contributed by atoms with Gasteiger partial charge in [0.25, 0.3) is 0 Å². The molecule has 0 spiro atoms. The Morgan fingerprint density at radius 1 is 0.703 bits per heavy atom. The van der Waals surface area contributed by atoms with E-state index in [1.165, 1.54) is 71.8 Å². The zero-order valence-corrected chi connectivity index (χ0v) is 43.9. The number of ether oxygens (including phenoxy) is 1. The van der Waals surface area contributed by atoms with Crippen LogP contribution in [0.15, 0.2) is 48.4 Å². The molecule has 0 aromatic carbocycles. The fourth-order valence-corrected chi connectivity index (χ4v) is 5.92. The van der Waals surface area contributed by atoms with Crippen LogP contribution in [0.4, 0.5) is 0 Å². The van der Waals surface area contributed by atoms with Crippen molar-refractivity contribution in [2.45, 2.75) is 176 Å². The van der Waals surface area contributed by atoms with Crippen molar-refractivity contribution in [2.24, 2.45) is 20.7 Å². The zero-order valence-electron chi connectivity index (χ0n) is 43.8. The van der Waals surface area contributed by atoms with Crippen LogP contribution in [0.2, 0.25) is 0 Å². The monoisotopic (exact) mass is 905 g/mol. The van der Waals surface area contributed by atoms with Gasteiger partial charge >= 0.3 is 24.8 Å². The first-order valence-corrected chi connectivity index (χ1v) is 22.1. The van der Waals surface area contributed by atoms with Crippen molar-refractivity contribution in [3.63, 3.8) is 0 Å². The van der Waals surface area contributed by atoms with Crippen molar-refractivity contribution in [3.8, 4) is 0 Å². The number of carbonyl (C=O) groups excluding carboxylic acids is 5. The van der Waals surface area contributed by atoms with Gasteiger partial charge in [0, 0.05) is 62.7 Å². The van der Waals surface area contributed by atoms with E-state index >= 15 is 0 Å². The summed E-state index contributed by atoms with van der Waals surface area (Å²) in [6.07, 6.45) is 8.51. The number of rotatable bonds is 15. The molecule has 359 valence electrons. The molecule has 0 saturated heterocycles. The van der Waals surface area contributed by atoms with Crippen molar-refractivity contribution < 1.29 is 49.0 Å². The van der Waals surface area contributed by atoms with E-state index in [9.17, 15) is 24.0 Å². The summed E-state index contributed by atoms with van der Waals surface area (Å²) in [6, 6.07) is 0. The Morgan fingerprint density at radius 3 is 1.44 bits per heavy atom. The third-order valence-corrected chi connectivity index (χ3v) is 9.99. The summed E-state index contributed by atoms with van der Waals surface area (Å²) < 4.78 is 4.31. The van der Waals surface area contributed by atoms with Gasteiger partial charge in [0.1, 0.15) is 17.2 Å². The molecule has 1 aromatic rings. The van der Waals surface area contributed by atoms with Crippen molar-refractivity contribution in [3.05, 3.63) is 50.4 Å². The van der Waals surface area contributed by atoms with E-state index in [2.05, 4.69) is 89.4 Å². The van der Waals surface area contributed by atoms with E-state index in [0.29, 0.717) is 36.5 Å². The second kappa shape index (κ2) is 43.5. The number of aromatic amines is 1.